The van der Waals surface area contributed by atoms with Crippen LogP contribution >= 0.6 is 23.4 Å². The van der Waals surface area contributed by atoms with Crippen LogP contribution in [0.4, 0.5) is 5.69 Å². The zero-order valence-corrected chi connectivity index (χ0v) is 18.3. The Morgan fingerprint density at radius 3 is 2.81 bits per heavy atom. The van der Waals surface area contributed by atoms with Crippen molar-refractivity contribution >= 4 is 46.6 Å². The monoisotopic (exact) mass is 469 g/mol. The number of halogens is 1. The Morgan fingerprint density at radius 1 is 1.25 bits per heavy atom. The largest absolute Gasteiger partial charge is 0.482 e. The van der Waals surface area contributed by atoms with Crippen molar-refractivity contribution in [3.63, 3.8) is 0 Å². The van der Waals surface area contributed by atoms with Gasteiger partial charge in [-0.1, -0.05) is 23.4 Å². The Labute approximate surface area is 191 Å². The molecule has 5 rings (SSSR count). The molecular weight excluding hydrogens is 454 g/mol. The highest BCUT2D eigenvalue weighted by Gasteiger charge is 2.32. The van der Waals surface area contributed by atoms with E-state index in [1.165, 1.54) is 18.9 Å². The van der Waals surface area contributed by atoms with Gasteiger partial charge in [-0.15, -0.1) is 10.2 Å². The number of ether oxygens (including phenoxy) is 2. The molecule has 0 saturated carbocycles. The lowest BCUT2D eigenvalue weighted by Crippen LogP contribution is -2.29. The van der Waals surface area contributed by atoms with Crippen molar-refractivity contribution in [3.8, 4) is 17.1 Å². The predicted octanol–water partition coefficient (Wildman–Crippen LogP) is 3.22. The van der Waals surface area contributed by atoms with Gasteiger partial charge in [-0.3, -0.25) is 9.59 Å². The number of carbonyl (C=O) groups is 2. The third-order valence-corrected chi connectivity index (χ3v) is 6.35. The summed E-state index contributed by atoms with van der Waals surface area (Å²) in [5.41, 5.74) is 2.72. The fourth-order valence-electron chi connectivity index (χ4n) is 3.42. The van der Waals surface area contributed by atoms with Gasteiger partial charge in [-0.05, 0) is 42.5 Å². The van der Waals surface area contributed by atoms with E-state index < -0.39 is 0 Å². The average molecular weight is 470 g/mol. The molecule has 162 valence electrons. The predicted molar refractivity (Wildman–Crippen MR) is 119 cm³/mol. The van der Waals surface area contributed by atoms with E-state index in [9.17, 15) is 9.59 Å². The Bertz CT molecular complexity index is 1260. The molecule has 1 amide bonds. The number of hydrogen-bond donors (Lipinski definition) is 1. The first-order valence-electron chi connectivity index (χ1n) is 9.62. The van der Waals surface area contributed by atoms with Crippen LogP contribution < -0.4 is 10.1 Å². The van der Waals surface area contributed by atoms with Gasteiger partial charge >= 0.3 is 5.97 Å². The second-order valence-corrected chi connectivity index (χ2v) is 8.65. The molecule has 0 spiro atoms. The van der Waals surface area contributed by atoms with Crippen molar-refractivity contribution in [3.05, 3.63) is 53.1 Å². The first-order chi connectivity index (χ1) is 15.5. The second-order valence-electron chi connectivity index (χ2n) is 7.04. The molecule has 11 heteroatoms. The number of rotatable bonds is 4. The molecule has 9 nitrogen and oxygen atoms in total. The number of anilines is 1. The minimum Gasteiger partial charge on any atom is -0.482 e. The van der Waals surface area contributed by atoms with Crippen LogP contribution in [0.25, 0.3) is 11.4 Å². The lowest BCUT2D eigenvalue weighted by atomic mass is 10.0. The molecule has 1 aromatic heterocycles. The van der Waals surface area contributed by atoms with Crippen LogP contribution in [0.3, 0.4) is 0 Å². The first kappa shape index (κ1) is 20.5. The van der Waals surface area contributed by atoms with Crippen molar-refractivity contribution < 1.29 is 19.1 Å². The average Bonchev–Trinajstić information content (AvgIpc) is 3.21. The lowest BCUT2D eigenvalue weighted by molar-refractivity contribution is -0.140. The van der Waals surface area contributed by atoms with Gasteiger partial charge in [0.25, 0.3) is 5.91 Å². The van der Waals surface area contributed by atoms with Crippen LogP contribution in [0.2, 0.25) is 5.02 Å². The highest BCUT2D eigenvalue weighted by molar-refractivity contribution is 8.00. The van der Waals surface area contributed by atoms with Gasteiger partial charge in [0.2, 0.25) is 5.16 Å². The summed E-state index contributed by atoms with van der Waals surface area (Å²) in [6, 6.07) is 12.6. The number of aromatic nitrogens is 3. The molecule has 0 radical (unpaired) electrons. The number of carbonyl (C=O) groups excluding carboxylic acids is 2. The van der Waals surface area contributed by atoms with Gasteiger partial charge in [-0.2, -0.15) is 9.78 Å². The third kappa shape index (κ3) is 3.82. The summed E-state index contributed by atoms with van der Waals surface area (Å²) in [5, 5.41) is 17.0. The van der Waals surface area contributed by atoms with E-state index in [2.05, 4.69) is 15.5 Å². The number of nitrogens with zero attached hydrogens (tertiary/aromatic N) is 4. The number of methoxy groups -OCH3 is 1. The Morgan fingerprint density at radius 2 is 2.03 bits per heavy atom. The van der Waals surface area contributed by atoms with E-state index in [0.717, 1.165) is 11.1 Å². The van der Waals surface area contributed by atoms with Gasteiger partial charge in [-0.25, -0.2) is 0 Å². The van der Waals surface area contributed by atoms with E-state index in [1.54, 1.807) is 28.9 Å². The molecule has 1 unspecified atom stereocenters. The maximum atomic E-state index is 12.1. The van der Waals surface area contributed by atoms with Gasteiger partial charge < -0.3 is 14.8 Å². The van der Waals surface area contributed by atoms with E-state index in [4.69, 9.17) is 26.2 Å². The van der Waals surface area contributed by atoms with Gasteiger partial charge in [0, 0.05) is 16.1 Å². The minimum atomic E-state index is -0.365. The van der Waals surface area contributed by atoms with Crippen molar-refractivity contribution in [2.45, 2.75) is 16.8 Å². The highest BCUT2D eigenvalue weighted by atomic mass is 35.5. The van der Waals surface area contributed by atoms with Crippen molar-refractivity contribution in [1.29, 1.82) is 0 Å². The van der Waals surface area contributed by atoms with E-state index in [1.807, 2.05) is 18.2 Å². The summed E-state index contributed by atoms with van der Waals surface area (Å²) in [5.74, 6) is 0.532. The van der Waals surface area contributed by atoms with E-state index >= 15 is 0 Å². The van der Waals surface area contributed by atoms with E-state index in [0.29, 0.717) is 33.2 Å². The van der Waals surface area contributed by atoms with Crippen LogP contribution in [-0.2, 0) is 14.3 Å². The van der Waals surface area contributed by atoms with Gasteiger partial charge in [0.15, 0.2) is 12.4 Å². The highest BCUT2D eigenvalue weighted by Crippen LogP contribution is 2.37. The summed E-state index contributed by atoms with van der Waals surface area (Å²) in [4.78, 5) is 23.8. The molecule has 0 aliphatic carbocycles. The number of nitrogens with one attached hydrogen (secondary N) is 1. The first-order valence-corrected chi connectivity index (χ1v) is 10.9. The molecule has 2 aliphatic heterocycles. The zero-order valence-electron chi connectivity index (χ0n) is 16.7. The molecule has 0 fully saturated rings. The van der Waals surface area contributed by atoms with Crippen LogP contribution in [0.15, 0.2) is 52.7 Å². The Hall–Kier alpha value is -3.37. The molecule has 32 heavy (non-hydrogen) atoms. The van der Waals surface area contributed by atoms with Crippen LogP contribution in [0.1, 0.15) is 12.0 Å². The van der Waals surface area contributed by atoms with E-state index in [-0.39, 0.29) is 30.2 Å². The number of amides is 1. The number of thioether (sulfide) groups is 1. The normalized spacial score (nSPS) is 16.9. The summed E-state index contributed by atoms with van der Waals surface area (Å²) in [6.45, 7) is -0.0252. The maximum absolute atomic E-state index is 12.1. The maximum Gasteiger partial charge on any atom is 0.307 e. The quantitative estimate of drug-likeness (QED) is 0.584. The summed E-state index contributed by atoms with van der Waals surface area (Å²) >= 11 is 7.38. The number of fused-ring (bicyclic) bond motifs is 2. The Balaban J connectivity index is 1.60. The van der Waals surface area contributed by atoms with Crippen molar-refractivity contribution in [1.82, 2.24) is 14.9 Å². The summed E-state index contributed by atoms with van der Waals surface area (Å²) in [6.07, 6.45) is 0.100. The number of benzene rings is 2. The van der Waals surface area contributed by atoms with Crippen LogP contribution in [0.5, 0.6) is 5.75 Å². The summed E-state index contributed by atoms with van der Waals surface area (Å²) < 4.78 is 12.0. The molecular formula is C21H16ClN5O4S. The second kappa shape index (κ2) is 8.29. The van der Waals surface area contributed by atoms with Crippen LogP contribution in [-0.4, -0.2) is 51.4 Å². The van der Waals surface area contributed by atoms with Crippen molar-refractivity contribution in [2.75, 3.05) is 19.0 Å². The topological polar surface area (TPSA) is 108 Å². The zero-order chi connectivity index (χ0) is 22.2. The molecule has 1 N–H and O–H groups in total. The fourth-order valence-corrected chi connectivity index (χ4v) is 4.63. The molecule has 2 aromatic carbocycles. The standard InChI is InChI=1S/C21H16ClN5O4S/c1-30-18(29)9-16-19(12-4-7-15-14(8-12)23-17(28)10-31-15)26-27-20(24-25-21(27)32-16)11-2-5-13(22)6-3-11/h2-8,16H,9-10H2,1H3,(H,23,28). The van der Waals surface area contributed by atoms with Crippen LogP contribution in [0, 0.1) is 0 Å². The smallest absolute Gasteiger partial charge is 0.307 e. The lowest BCUT2D eigenvalue weighted by Gasteiger charge is -2.24. The molecule has 1 atom stereocenters. The molecule has 2 aliphatic rings. The summed E-state index contributed by atoms with van der Waals surface area (Å²) in [7, 11) is 1.35. The number of esters is 1. The molecule has 3 heterocycles. The SMILES string of the molecule is COC(=O)CC1Sc2nnc(-c3ccc(Cl)cc3)n2N=C1c1ccc2c(c1)NC(=O)CO2. The fraction of sp³-hybridized carbons (Fsp3) is 0.190. The molecule has 0 saturated heterocycles. The third-order valence-electron chi connectivity index (χ3n) is 4.96. The van der Waals surface area contributed by atoms with Gasteiger partial charge in [0.1, 0.15) is 5.75 Å². The van der Waals surface area contributed by atoms with Gasteiger partial charge in [0.05, 0.1) is 30.2 Å². The number of hydrogen-bond acceptors (Lipinski definition) is 8. The molecule has 0 bridgehead atoms. The Kier molecular flexibility index (Phi) is 5.32. The molecule has 3 aromatic rings. The van der Waals surface area contributed by atoms with Crippen molar-refractivity contribution in [2.24, 2.45) is 5.10 Å². The minimum absolute atomic E-state index is 0.0252.